The van der Waals surface area contributed by atoms with Crippen molar-refractivity contribution in [2.75, 3.05) is 76.3 Å². The van der Waals surface area contributed by atoms with Crippen LogP contribution in [0.1, 0.15) is 31.7 Å². The molecule has 14 heteroatoms. The lowest BCUT2D eigenvalue weighted by Gasteiger charge is -2.35. The molecule has 0 spiro atoms. The average molecular weight is 647 g/mol. The van der Waals surface area contributed by atoms with Crippen molar-refractivity contribution in [1.29, 1.82) is 0 Å². The van der Waals surface area contributed by atoms with Gasteiger partial charge in [-0.15, -0.1) is 10.2 Å². The van der Waals surface area contributed by atoms with Gasteiger partial charge in [-0.25, -0.2) is 9.29 Å². The lowest BCUT2D eigenvalue weighted by Crippen LogP contribution is -2.51. The van der Waals surface area contributed by atoms with Crippen LogP contribution in [0.4, 0.5) is 11.6 Å². The number of hydrogen-bond donors (Lipinski definition) is 1. The molecule has 1 saturated heterocycles. The van der Waals surface area contributed by atoms with E-state index in [2.05, 4.69) is 26.9 Å². The van der Waals surface area contributed by atoms with Gasteiger partial charge in [0.1, 0.15) is 5.82 Å². The minimum absolute atomic E-state index is 0.0869. The highest BCUT2D eigenvalue weighted by Crippen LogP contribution is 2.42. The molecule has 1 aliphatic heterocycles. The van der Waals surface area contributed by atoms with E-state index in [1.807, 2.05) is 44.3 Å². The smallest absolute Gasteiger partial charge is 0.305 e. The minimum Gasteiger partial charge on any atom is -0.419 e. The zero-order valence-corrected chi connectivity index (χ0v) is 27.7. The largest absolute Gasteiger partial charge is 0.419 e. The van der Waals surface area contributed by atoms with Gasteiger partial charge in [-0.3, -0.25) is 0 Å². The Morgan fingerprint density at radius 3 is 2.50 bits per heavy atom. The Bertz CT molecular complexity index is 1530. The molecule has 2 aliphatic rings. The summed E-state index contributed by atoms with van der Waals surface area (Å²) in [5.41, 5.74) is 7.13. The summed E-state index contributed by atoms with van der Waals surface area (Å²) < 4.78 is 41.8. The van der Waals surface area contributed by atoms with E-state index in [1.165, 1.54) is 11.4 Å². The SMILES string of the molecule is COCCN(CC1CC1C)c1cc(-c2nnc([C@](C)(N)Cc3ccccc3)o2)c(Cl)c(N(C)S(=O)(=O)N2CCN(C)CC2)n1. The molecular formula is C30H43ClN8O4S. The van der Waals surface area contributed by atoms with E-state index in [1.54, 1.807) is 13.2 Å². The number of nitrogens with zero attached hydrogens (tertiary/aromatic N) is 7. The van der Waals surface area contributed by atoms with Crippen LogP contribution < -0.4 is 14.9 Å². The molecule has 0 amide bonds. The average Bonchev–Trinajstić information content (AvgIpc) is 3.45. The minimum atomic E-state index is -3.93. The van der Waals surface area contributed by atoms with E-state index in [-0.39, 0.29) is 22.6 Å². The van der Waals surface area contributed by atoms with Crippen molar-refractivity contribution in [3.63, 3.8) is 0 Å². The monoisotopic (exact) mass is 646 g/mol. The first-order valence-electron chi connectivity index (χ1n) is 14.9. The second kappa shape index (κ2) is 13.3. The number of methoxy groups -OCH3 is 1. The molecule has 0 radical (unpaired) electrons. The van der Waals surface area contributed by atoms with Gasteiger partial charge in [-0.1, -0.05) is 48.9 Å². The fourth-order valence-corrected chi connectivity index (χ4v) is 7.10. The molecule has 2 unspecified atom stereocenters. The number of hydrogen-bond acceptors (Lipinski definition) is 10. The molecule has 240 valence electrons. The third kappa shape index (κ3) is 7.19. The molecule has 1 aliphatic carbocycles. The van der Waals surface area contributed by atoms with Gasteiger partial charge in [0.25, 0.3) is 0 Å². The van der Waals surface area contributed by atoms with Gasteiger partial charge in [-0.2, -0.15) is 12.7 Å². The maximum atomic E-state index is 13.8. The fourth-order valence-electron chi connectivity index (χ4n) is 5.43. The number of likely N-dealkylation sites (N-methyl/N-ethyl adjacent to an activating group) is 1. The van der Waals surface area contributed by atoms with E-state index < -0.39 is 15.7 Å². The molecule has 1 aromatic carbocycles. The van der Waals surface area contributed by atoms with Crippen LogP contribution in [-0.2, 0) is 26.9 Å². The van der Waals surface area contributed by atoms with Gasteiger partial charge in [0.2, 0.25) is 11.8 Å². The summed E-state index contributed by atoms with van der Waals surface area (Å²) in [6.45, 7) is 7.86. The number of pyridine rings is 1. The van der Waals surface area contributed by atoms with Crippen molar-refractivity contribution in [3.8, 4) is 11.5 Å². The number of nitrogens with two attached hydrogens (primary N) is 1. The second-order valence-corrected chi connectivity index (χ2v) is 14.6. The Morgan fingerprint density at radius 2 is 1.86 bits per heavy atom. The maximum Gasteiger partial charge on any atom is 0.305 e. The Labute approximate surface area is 265 Å². The van der Waals surface area contributed by atoms with E-state index in [0.29, 0.717) is 69.0 Å². The van der Waals surface area contributed by atoms with Crippen molar-refractivity contribution in [3.05, 3.63) is 52.9 Å². The van der Waals surface area contributed by atoms with Gasteiger partial charge in [0.05, 0.1) is 22.7 Å². The van der Waals surface area contributed by atoms with Crippen LogP contribution in [0.5, 0.6) is 0 Å². The van der Waals surface area contributed by atoms with Crippen molar-refractivity contribution in [2.45, 2.75) is 32.2 Å². The van der Waals surface area contributed by atoms with Gasteiger partial charge in [0.15, 0.2) is 5.82 Å². The van der Waals surface area contributed by atoms with E-state index >= 15 is 0 Å². The Hall–Kier alpha value is -2.81. The van der Waals surface area contributed by atoms with Crippen LogP contribution in [0.3, 0.4) is 0 Å². The number of anilines is 2. The van der Waals surface area contributed by atoms with E-state index in [9.17, 15) is 8.42 Å². The molecule has 2 fully saturated rings. The van der Waals surface area contributed by atoms with Gasteiger partial charge in [-0.05, 0) is 50.3 Å². The van der Waals surface area contributed by atoms with E-state index in [0.717, 1.165) is 22.8 Å². The zero-order valence-electron chi connectivity index (χ0n) is 26.1. The van der Waals surface area contributed by atoms with Crippen LogP contribution in [0.15, 0.2) is 40.8 Å². The molecule has 1 saturated carbocycles. The molecule has 3 heterocycles. The van der Waals surface area contributed by atoms with Crippen molar-refractivity contribution in [1.82, 2.24) is 24.4 Å². The van der Waals surface area contributed by atoms with Crippen molar-refractivity contribution in [2.24, 2.45) is 17.6 Å². The van der Waals surface area contributed by atoms with Crippen molar-refractivity contribution >= 4 is 33.4 Å². The summed E-state index contributed by atoms with van der Waals surface area (Å²) in [5.74, 6) is 2.13. The summed E-state index contributed by atoms with van der Waals surface area (Å²) in [6, 6.07) is 11.6. The van der Waals surface area contributed by atoms with Crippen LogP contribution in [0.2, 0.25) is 5.02 Å². The predicted molar refractivity (Wildman–Crippen MR) is 172 cm³/mol. The van der Waals surface area contributed by atoms with Gasteiger partial charge in [0, 0.05) is 53.4 Å². The van der Waals surface area contributed by atoms with E-state index in [4.69, 9.17) is 31.5 Å². The molecule has 0 bridgehead atoms. The second-order valence-electron chi connectivity index (χ2n) is 12.2. The molecule has 2 aromatic heterocycles. The topological polar surface area (TPSA) is 134 Å². The quantitative estimate of drug-likeness (QED) is 0.295. The van der Waals surface area contributed by atoms with Crippen LogP contribution in [0, 0.1) is 11.8 Å². The molecule has 44 heavy (non-hydrogen) atoms. The number of rotatable bonds is 13. The first-order chi connectivity index (χ1) is 20.9. The lowest BCUT2D eigenvalue weighted by molar-refractivity contribution is 0.204. The Kier molecular flexibility index (Phi) is 9.83. The van der Waals surface area contributed by atoms with Crippen LogP contribution >= 0.6 is 11.6 Å². The summed E-state index contributed by atoms with van der Waals surface area (Å²) in [5, 5.41) is 8.72. The van der Waals surface area contributed by atoms with Gasteiger partial charge < -0.3 is 24.7 Å². The summed E-state index contributed by atoms with van der Waals surface area (Å²) in [4.78, 5) is 9.04. The maximum absolute atomic E-state index is 13.8. The number of ether oxygens (including phenoxy) is 1. The Morgan fingerprint density at radius 1 is 1.18 bits per heavy atom. The zero-order chi connectivity index (χ0) is 31.6. The summed E-state index contributed by atoms with van der Waals surface area (Å²) >= 11 is 6.98. The number of piperazine rings is 1. The highest BCUT2D eigenvalue weighted by Gasteiger charge is 2.37. The van der Waals surface area contributed by atoms with Crippen molar-refractivity contribution < 1.29 is 17.6 Å². The Balaban J connectivity index is 1.55. The molecule has 5 rings (SSSR count). The first kappa shape index (κ1) is 32.6. The highest BCUT2D eigenvalue weighted by molar-refractivity contribution is 7.90. The molecule has 3 atom stereocenters. The number of benzene rings is 1. The first-order valence-corrected chi connectivity index (χ1v) is 16.7. The third-order valence-corrected chi connectivity index (χ3v) is 10.8. The normalized spacial score (nSPS) is 20.8. The van der Waals surface area contributed by atoms with Gasteiger partial charge >= 0.3 is 10.2 Å². The standard InChI is InChI=1S/C30H43ClN8O4S/c1-21-17-23(21)20-38(15-16-42-5)25-18-24(28-34-35-29(43-28)30(2,32)19-22-9-7-6-8-10-22)26(31)27(33-25)37(4)44(40,41)39-13-11-36(3)12-14-39/h6-10,18,21,23H,11-17,19-20,32H2,1-5H3/t21?,23?,30-/m1/s1. The molecule has 2 N–H and O–H groups in total. The fraction of sp³-hybridized carbons (Fsp3) is 0.567. The predicted octanol–water partition coefficient (Wildman–Crippen LogP) is 3.24. The lowest BCUT2D eigenvalue weighted by atomic mass is 9.94. The number of halogens is 1. The summed E-state index contributed by atoms with van der Waals surface area (Å²) in [6.07, 6.45) is 1.60. The highest BCUT2D eigenvalue weighted by atomic mass is 35.5. The molecule has 3 aromatic rings. The third-order valence-electron chi connectivity index (χ3n) is 8.54. The number of aromatic nitrogens is 3. The molecular weight excluding hydrogens is 604 g/mol. The van der Waals surface area contributed by atoms with Crippen LogP contribution in [0.25, 0.3) is 11.5 Å². The van der Waals surface area contributed by atoms with Crippen LogP contribution in [-0.4, -0.2) is 99.9 Å². The molecule has 12 nitrogen and oxygen atoms in total. The summed E-state index contributed by atoms with van der Waals surface area (Å²) in [7, 11) is 1.18.